The zero-order chi connectivity index (χ0) is 62.8. The van der Waals surface area contributed by atoms with Gasteiger partial charge in [-0.1, -0.05) is 258 Å². The van der Waals surface area contributed by atoms with Crippen molar-refractivity contribution in [2.75, 3.05) is 39.6 Å². The van der Waals surface area contributed by atoms with Crippen LogP contribution < -0.4 is 0 Å². The van der Waals surface area contributed by atoms with Crippen LogP contribution in [-0.2, 0) is 65.4 Å². The number of hydrogen-bond acceptors (Lipinski definition) is 15. The first-order chi connectivity index (χ1) is 41.1. The SMILES string of the molecule is CCCCCC/C=C\C=C/CCCCCCCC(=O)O[C@H](COC(=O)CCCCCCCCC(C)CC)COP(=O)(O)OC[C@@H](O)COP(=O)(O)OC[C@@H](COC(=O)CCCCCCCCCCCC)OC(=O)CCCCCCCCCCCC. The van der Waals surface area contributed by atoms with Gasteiger partial charge in [0.05, 0.1) is 26.4 Å². The summed E-state index contributed by atoms with van der Waals surface area (Å²) in [5.41, 5.74) is 0. The molecule has 0 aliphatic heterocycles. The number of rotatable bonds is 64. The molecule has 0 saturated heterocycles. The Balaban J connectivity index is 5.27. The third-order valence-electron chi connectivity index (χ3n) is 15.0. The van der Waals surface area contributed by atoms with E-state index in [-0.39, 0.29) is 25.7 Å². The molecule has 3 unspecified atom stereocenters. The normalized spacial score (nSPS) is 14.7. The molecule has 0 aromatic heterocycles. The Morgan fingerprint density at radius 3 is 1.00 bits per heavy atom. The van der Waals surface area contributed by atoms with Crippen molar-refractivity contribution in [3.63, 3.8) is 0 Å². The van der Waals surface area contributed by atoms with Gasteiger partial charge in [-0.3, -0.25) is 37.3 Å². The van der Waals surface area contributed by atoms with Gasteiger partial charge in [0.1, 0.15) is 19.3 Å². The standard InChI is InChI=1S/C66H124O17P2/c1-6-10-13-16-19-22-25-26-27-28-29-32-35-42-47-52-66(71)83-62(56-77-64(69)50-45-40-37-36-38-43-48-59(5)9-4)58-81-85(74,75)79-54-60(67)53-78-84(72,73)80-57-61(82-65(70)51-46-41-34-31-24-21-18-15-12-8-3)55-76-63(68)49-44-39-33-30-23-20-17-14-11-7-2/h22,25-27,59-62,67H,6-21,23-24,28-58H2,1-5H3,(H,72,73)(H,74,75)/b25-22-,27-26-/t59?,60-,61+,62+/m0/s1. The first-order valence-electron chi connectivity index (χ1n) is 34.0. The highest BCUT2D eigenvalue weighted by molar-refractivity contribution is 7.47. The minimum Gasteiger partial charge on any atom is -0.462 e. The van der Waals surface area contributed by atoms with E-state index in [1.54, 1.807) is 0 Å². The second-order valence-corrected chi connectivity index (χ2v) is 26.3. The maximum Gasteiger partial charge on any atom is 0.472 e. The summed E-state index contributed by atoms with van der Waals surface area (Å²) in [5.74, 6) is -1.43. The van der Waals surface area contributed by atoms with Gasteiger partial charge in [0.25, 0.3) is 0 Å². The van der Waals surface area contributed by atoms with Crippen molar-refractivity contribution < 1.29 is 80.2 Å². The van der Waals surface area contributed by atoms with Gasteiger partial charge in [-0.2, -0.15) is 0 Å². The monoisotopic (exact) mass is 1250 g/mol. The van der Waals surface area contributed by atoms with Crippen LogP contribution in [0.25, 0.3) is 0 Å². The molecule has 85 heavy (non-hydrogen) atoms. The highest BCUT2D eigenvalue weighted by Crippen LogP contribution is 2.45. The zero-order valence-corrected chi connectivity index (χ0v) is 56.0. The number of esters is 4. The van der Waals surface area contributed by atoms with Crippen LogP contribution in [0.3, 0.4) is 0 Å². The van der Waals surface area contributed by atoms with Crippen LogP contribution in [0.15, 0.2) is 24.3 Å². The molecule has 19 heteroatoms. The number of unbranched alkanes of at least 4 members (excludes halogenated alkanes) is 32. The Hall–Kier alpha value is -2.46. The van der Waals surface area contributed by atoms with Crippen molar-refractivity contribution in [2.24, 2.45) is 5.92 Å². The van der Waals surface area contributed by atoms with E-state index in [0.29, 0.717) is 25.7 Å². The highest BCUT2D eigenvalue weighted by atomic mass is 31.2. The first-order valence-corrected chi connectivity index (χ1v) is 37.0. The fraction of sp³-hybridized carbons (Fsp3) is 0.879. The lowest BCUT2D eigenvalue weighted by Gasteiger charge is -2.21. The number of ether oxygens (including phenoxy) is 4. The molecule has 6 atom stereocenters. The maximum absolute atomic E-state index is 13.0. The van der Waals surface area contributed by atoms with E-state index in [1.165, 1.54) is 116 Å². The lowest BCUT2D eigenvalue weighted by atomic mass is 10.00. The van der Waals surface area contributed by atoms with Crippen LogP contribution in [0.4, 0.5) is 0 Å². The summed E-state index contributed by atoms with van der Waals surface area (Å²) in [6.07, 6.45) is 46.6. The summed E-state index contributed by atoms with van der Waals surface area (Å²) < 4.78 is 68.0. The van der Waals surface area contributed by atoms with Crippen LogP contribution in [0.5, 0.6) is 0 Å². The number of carbonyl (C=O) groups is 4. The van der Waals surface area contributed by atoms with Crippen LogP contribution in [0, 0.1) is 5.92 Å². The van der Waals surface area contributed by atoms with Crippen LogP contribution in [0.1, 0.15) is 311 Å². The molecule has 17 nitrogen and oxygen atoms in total. The van der Waals surface area contributed by atoms with Gasteiger partial charge < -0.3 is 33.8 Å². The Morgan fingerprint density at radius 1 is 0.376 bits per heavy atom. The molecule has 0 rings (SSSR count). The van der Waals surface area contributed by atoms with E-state index in [0.717, 1.165) is 115 Å². The summed E-state index contributed by atoms with van der Waals surface area (Å²) in [4.78, 5) is 72.2. The molecule has 0 bridgehead atoms. The van der Waals surface area contributed by atoms with Gasteiger partial charge in [0.2, 0.25) is 0 Å². The molecular formula is C66H124O17P2. The first kappa shape index (κ1) is 82.5. The highest BCUT2D eigenvalue weighted by Gasteiger charge is 2.30. The lowest BCUT2D eigenvalue weighted by Crippen LogP contribution is -2.30. The van der Waals surface area contributed by atoms with Crippen molar-refractivity contribution in [3.05, 3.63) is 24.3 Å². The molecule has 500 valence electrons. The predicted octanol–water partition coefficient (Wildman–Crippen LogP) is 18.1. The van der Waals surface area contributed by atoms with Crippen LogP contribution in [-0.4, -0.2) is 96.7 Å². The zero-order valence-electron chi connectivity index (χ0n) is 54.2. The molecule has 0 heterocycles. The number of phosphoric ester groups is 2. The maximum atomic E-state index is 13.0. The second kappa shape index (κ2) is 59.2. The van der Waals surface area contributed by atoms with Crippen molar-refractivity contribution in [3.8, 4) is 0 Å². The van der Waals surface area contributed by atoms with Crippen molar-refractivity contribution in [1.82, 2.24) is 0 Å². The molecule has 0 saturated carbocycles. The van der Waals surface area contributed by atoms with Crippen LogP contribution >= 0.6 is 15.6 Å². The lowest BCUT2D eigenvalue weighted by molar-refractivity contribution is -0.161. The number of hydrogen-bond donors (Lipinski definition) is 3. The summed E-state index contributed by atoms with van der Waals surface area (Å²) in [6.45, 7) is 7.08. The summed E-state index contributed by atoms with van der Waals surface area (Å²) in [6, 6.07) is 0. The summed E-state index contributed by atoms with van der Waals surface area (Å²) >= 11 is 0. The number of carbonyl (C=O) groups excluding carboxylic acids is 4. The quantitative estimate of drug-likeness (QED) is 0.0169. The number of phosphoric acid groups is 2. The van der Waals surface area contributed by atoms with Gasteiger partial charge in [0.15, 0.2) is 12.2 Å². The van der Waals surface area contributed by atoms with Gasteiger partial charge >= 0.3 is 39.5 Å². The molecule has 0 fully saturated rings. The molecule has 3 N–H and O–H groups in total. The number of allylic oxidation sites excluding steroid dienone is 4. The molecule has 0 aliphatic rings. The predicted molar refractivity (Wildman–Crippen MR) is 340 cm³/mol. The van der Waals surface area contributed by atoms with E-state index in [4.69, 9.17) is 37.0 Å². The molecule has 0 aliphatic carbocycles. The Morgan fingerprint density at radius 2 is 0.659 bits per heavy atom. The largest absolute Gasteiger partial charge is 0.472 e. The molecular weight excluding hydrogens is 1130 g/mol. The van der Waals surface area contributed by atoms with Gasteiger partial charge in [-0.25, -0.2) is 9.13 Å². The second-order valence-electron chi connectivity index (χ2n) is 23.4. The van der Waals surface area contributed by atoms with Gasteiger partial charge in [0, 0.05) is 25.7 Å². The molecule has 0 spiro atoms. The van der Waals surface area contributed by atoms with Crippen molar-refractivity contribution in [1.29, 1.82) is 0 Å². The van der Waals surface area contributed by atoms with Crippen LogP contribution in [0.2, 0.25) is 0 Å². The number of aliphatic hydroxyl groups excluding tert-OH is 1. The van der Waals surface area contributed by atoms with Gasteiger partial charge in [-0.15, -0.1) is 0 Å². The fourth-order valence-electron chi connectivity index (χ4n) is 9.36. The smallest absolute Gasteiger partial charge is 0.462 e. The summed E-state index contributed by atoms with van der Waals surface area (Å²) in [7, 11) is -9.90. The topological polar surface area (TPSA) is 237 Å². The minimum absolute atomic E-state index is 0.0842. The number of aliphatic hydroxyl groups is 1. The van der Waals surface area contributed by atoms with E-state index in [9.17, 15) is 43.2 Å². The van der Waals surface area contributed by atoms with E-state index < -0.39 is 97.5 Å². The Labute approximate surface area is 516 Å². The average Bonchev–Trinajstić information content (AvgIpc) is 3.64. The molecule has 0 aromatic carbocycles. The Kier molecular flexibility index (Phi) is 57.5. The van der Waals surface area contributed by atoms with E-state index in [2.05, 4.69) is 58.9 Å². The Bertz CT molecular complexity index is 1750. The summed E-state index contributed by atoms with van der Waals surface area (Å²) in [5, 5.41) is 10.5. The third kappa shape index (κ3) is 59.0. The average molecular weight is 1250 g/mol. The minimum atomic E-state index is -4.95. The molecule has 0 radical (unpaired) electrons. The van der Waals surface area contributed by atoms with Crippen molar-refractivity contribution in [2.45, 2.75) is 329 Å². The molecule has 0 aromatic rings. The molecule has 0 amide bonds. The van der Waals surface area contributed by atoms with Gasteiger partial charge in [-0.05, 0) is 57.3 Å². The van der Waals surface area contributed by atoms with E-state index in [1.807, 2.05) is 0 Å². The van der Waals surface area contributed by atoms with E-state index >= 15 is 0 Å². The third-order valence-corrected chi connectivity index (χ3v) is 16.9. The van der Waals surface area contributed by atoms with Crippen molar-refractivity contribution >= 4 is 39.5 Å². The fourth-order valence-corrected chi connectivity index (χ4v) is 10.9.